The number of amides is 4. The van der Waals surface area contributed by atoms with Crippen LogP contribution in [0.15, 0.2) is 102 Å². The Bertz CT molecular complexity index is 2950. The van der Waals surface area contributed by atoms with Gasteiger partial charge in [0.25, 0.3) is 23.6 Å². The van der Waals surface area contributed by atoms with Crippen LogP contribution in [0.3, 0.4) is 0 Å². The Morgan fingerprint density at radius 2 is 0.893 bits per heavy atom. The number of methoxy groups -OCH3 is 2. The van der Waals surface area contributed by atoms with E-state index in [-0.39, 0.29) is 77.0 Å². The molecule has 0 bridgehead atoms. The fourth-order valence-electron chi connectivity index (χ4n) is 7.12. The van der Waals surface area contributed by atoms with E-state index in [0.29, 0.717) is 22.3 Å². The molecule has 16 heteroatoms. The van der Waals surface area contributed by atoms with Crippen LogP contribution in [-0.4, -0.2) is 47.8 Å². The summed E-state index contributed by atoms with van der Waals surface area (Å²) in [5, 5.41) is 4.61. The van der Waals surface area contributed by atoms with Crippen LogP contribution in [-0.2, 0) is 0 Å². The zero-order chi connectivity index (χ0) is 38.6. The molecule has 272 valence electrons. The van der Waals surface area contributed by atoms with E-state index in [1.165, 1.54) is 38.5 Å². The number of nitrogens with zero attached hydrogens (tertiary/aromatic N) is 4. The van der Waals surface area contributed by atoms with Gasteiger partial charge in [-0.1, -0.05) is 24.3 Å². The van der Waals surface area contributed by atoms with Crippen LogP contribution >= 0.6 is 22.7 Å². The van der Waals surface area contributed by atoms with Gasteiger partial charge in [-0.2, -0.15) is 0 Å². The summed E-state index contributed by atoms with van der Waals surface area (Å²) < 4.78 is 21.7. The lowest BCUT2D eigenvalue weighted by atomic mass is 9.86. The summed E-state index contributed by atoms with van der Waals surface area (Å²) in [5.74, 6) is -2.11. The first-order chi connectivity index (χ1) is 27.2. The van der Waals surface area contributed by atoms with Crippen LogP contribution in [0.5, 0.6) is 11.5 Å². The minimum atomic E-state index is -0.721. The highest BCUT2D eigenvalue weighted by Gasteiger charge is 2.42. The van der Waals surface area contributed by atoms with Crippen LogP contribution < -0.4 is 30.5 Å². The lowest BCUT2D eigenvalue weighted by molar-refractivity contribution is 0.0873. The third kappa shape index (κ3) is 4.66. The van der Waals surface area contributed by atoms with Gasteiger partial charge in [0, 0.05) is 54.6 Å². The molecule has 8 aromatic rings. The van der Waals surface area contributed by atoms with Crippen molar-refractivity contribution in [2.75, 3.05) is 24.0 Å². The second kappa shape index (κ2) is 12.1. The highest BCUT2D eigenvalue weighted by atomic mass is 32.1. The molecular weight excluding hydrogens is 761 g/mol. The number of anilines is 2. The normalized spacial score (nSPS) is 13.8. The largest absolute Gasteiger partial charge is 0.493 e. The summed E-state index contributed by atoms with van der Waals surface area (Å²) in [4.78, 5) is 93.2. The Morgan fingerprint density at radius 3 is 1.25 bits per heavy atom. The first-order valence-electron chi connectivity index (χ1n) is 16.7. The molecule has 4 aromatic heterocycles. The predicted molar refractivity (Wildman–Crippen MR) is 207 cm³/mol. The van der Waals surface area contributed by atoms with E-state index >= 15 is 0 Å². The first kappa shape index (κ1) is 33.3. The van der Waals surface area contributed by atoms with Gasteiger partial charge in [0.1, 0.15) is 0 Å². The van der Waals surface area contributed by atoms with Gasteiger partial charge in [-0.25, -0.2) is 29.4 Å². The van der Waals surface area contributed by atoms with E-state index in [1.807, 2.05) is 0 Å². The summed E-state index contributed by atoms with van der Waals surface area (Å²) in [6.45, 7) is 0. The Balaban J connectivity index is 1.000. The number of thiazole rings is 2. The summed E-state index contributed by atoms with van der Waals surface area (Å²) in [5.41, 5.74) is 0.148. The Kier molecular flexibility index (Phi) is 7.19. The number of fused-ring (bicyclic) bond motifs is 2. The Hall–Kier alpha value is -7.30. The van der Waals surface area contributed by atoms with Crippen LogP contribution in [0.2, 0.25) is 0 Å². The SMILES string of the molecule is COc1cccc2cc(-c3csc(N4C(=O)c5ccc6c7c(ccc(c57)C4=O)C(=O)N(c4nc(-c5cc7cccc(OC)c7oc5=O)cs4)C6=O)n3)c(=O)oc12. The molecule has 0 saturated carbocycles. The Labute approximate surface area is 320 Å². The highest BCUT2D eigenvalue weighted by Crippen LogP contribution is 2.42. The Morgan fingerprint density at radius 1 is 0.518 bits per heavy atom. The molecular formula is C40H20N4O10S2. The van der Waals surface area contributed by atoms with Crippen molar-refractivity contribution in [2.24, 2.45) is 0 Å². The lowest BCUT2D eigenvalue weighted by Crippen LogP contribution is -2.43. The molecule has 2 aliphatic rings. The van der Waals surface area contributed by atoms with Crippen LogP contribution in [0, 0.1) is 0 Å². The molecule has 4 aromatic carbocycles. The topological polar surface area (TPSA) is 179 Å². The van der Waals surface area contributed by atoms with Gasteiger partial charge < -0.3 is 18.3 Å². The number of aromatic nitrogens is 2. The maximum atomic E-state index is 14.1. The molecule has 56 heavy (non-hydrogen) atoms. The molecule has 0 saturated heterocycles. The summed E-state index contributed by atoms with van der Waals surface area (Å²) in [6.07, 6.45) is 0. The van der Waals surface area contributed by atoms with Crippen molar-refractivity contribution in [3.63, 3.8) is 0 Å². The molecule has 0 unspecified atom stereocenters. The summed E-state index contributed by atoms with van der Waals surface area (Å²) in [6, 6.07) is 19.2. The third-order valence-corrected chi connectivity index (χ3v) is 11.4. The van der Waals surface area contributed by atoms with Crippen LogP contribution in [0.1, 0.15) is 41.4 Å². The van der Waals surface area contributed by atoms with Crippen LogP contribution in [0.4, 0.5) is 10.3 Å². The monoisotopic (exact) mass is 780 g/mol. The zero-order valence-electron chi connectivity index (χ0n) is 28.8. The molecule has 10 rings (SSSR count). The number of carbonyl (C=O) groups excluding carboxylic acids is 4. The van der Waals surface area contributed by atoms with E-state index in [9.17, 15) is 28.8 Å². The number of hydrogen-bond donors (Lipinski definition) is 0. The van der Waals surface area contributed by atoms with Gasteiger partial charge in [0.2, 0.25) is 0 Å². The number of para-hydroxylation sites is 2. The molecule has 6 heterocycles. The van der Waals surface area contributed by atoms with Crippen LogP contribution in [0.25, 0.3) is 55.2 Å². The van der Waals surface area contributed by atoms with Crippen molar-refractivity contribution in [1.82, 2.24) is 9.97 Å². The van der Waals surface area contributed by atoms with E-state index in [1.54, 1.807) is 59.3 Å². The van der Waals surface area contributed by atoms with Gasteiger partial charge >= 0.3 is 11.3 Å². The van der Waals surface area contributed by atoms with Crippen molar-refractivity contribution in [3.05, 3.63) is 127 Å². The summed E-state index contributed by atoms with van der Waals surface area (Å²) in [7, 11) is 2.93. The molecule has 4 amide bonds. The minimum absolute atomic E-state index is 0.0108. The summed E-state index contributed by atoms with van der Waals surface area (Å²) >= 11 is 1.97. The fourth-order valence-corrected chi connectivity index (χ4v) is 8.76. The third-order valence-electron chi connectivity index (χ3n) is 9.70. The van der Waals surface area contributed by atoms with Crippen molar-refractivity contribution in [3.8, 4) is 34.0 Å². The maximum absolute atomic E-state index is 14.1. The predicted octanol–water partition coefficient (Wildman–Crippen LogP) is 6.92. The highest BCUT2D eigenvalue weighted by molar-refractivity contribution is 7.15. The van der Waals surface area contributed by atoms with Gasteiger partial charge in [-0.3, -0.25) is 19.2 Å². The first-order valence-corrected chi connectivity index (χ1v) is 18.4. The quantitative estimate of drug-likeness (QED) is 0.126. The number of imide groups is 2. The van der Waals surface area contributed by atoms with Gasteiger partial charge in [0.05, 0.1) is 36.7 Å². The number of rotatable bonds is 6. The second-order valence-electron chi connectivity index (χ2n) is 12.6. The molecule has 0 radical (unpaired) electrons. The van der Waals surface area contributed by atoms with E-state index in [4.69, 9.17) is 18.3 Å². The molecule has 14 nitrogen and oxygen atoms in total. The number of ether oxygens (including phenoxy) is 2. The smallest absolute Gasteiger partial charge is 0.345 e. The standard InChI is InChI=1S/C40H20N4O10S2/c1-51-27-7-3-5-17-13-23(37(49)53-31(17)27)25-15-55-39(41-25)43-33(45)19-9-11-21-30-22(12-10-20(29(19)30)34(43)46)36(48)44(35(21)47)40-42-26(16-56-40)24-14-18-6-4-8-28(52-2)32(18)54-38(24)50/h3-16H,1-2H3. The van der Waals surface area contributed by atoms with Crippen molar-refractivity contribution < 1.29 is 37.5 Å². The van der Waals surface area contributed by atoms with E-state index in [2.05, 4.69) is 9.97 Å². The average Bonchev–Trinajstić information content (AvgIpc) is 3.89. The van der Waals surface area contributed by atoms with Crippen molar-refractivity contribution >= 4 is 89.3 Å². The fraction of sp³-hybridized carbons (Fsp3) is 0.0500. The molecule has 0 atom stereocenters. The van der Waals surface area contributed by atoms with Crippen molar-refractivity contribution in [1.29, 1.82) is 0 Å². The molecule has 0 aliphatic carbocycles. The maximum Gasteiger partial charge on any atom is 0.345 e. The van der Waals surface area contributed by atoms with Gasteiger partial charge in [-0.05, 0) is 48.5 Å². The lowest BCUT2D eigenvalue weighted by Gasteiger charge is -2.30. The second-order valence-corrected chi connectivity index (χ2v) is 14.3. The molecule has 2 aliphatic heterocycles. The van der Waals surface area contributed by atoms with Gasteiger partial charge in [0.15, 0.2) is 32.9 Å². The molecule has 0 fully saturated rings. The van der Waals surface area contributed by atoms with Crippen molar-refractivity contribution in [2.45, 2.75) is 0 Å². The number of benzene rings is 4. The average molecular weight is 781 g/mol. The van der Waals surface area contributed by atoms with Gasteiger partial charge in [-0.15, -0.1) is 22.7 Å². The van der Waals surface area contributed by atoms with E-state index < -0.39 is 34.9 Å². The zero-order valence-corrected chi connectivity index (χ0v) is 30.4. The van der Waals surface area contributed by atoms with E-state index in [0.717, 1.165) is 32.5 Å². The molecule has 0 N–H and O–H groups in total. The molecule has 0 spiro atoms. The minimum Gasteiger partial charge on any atom is -0.493 e. The number of carbonyl (C=O) groups is 4. The number of hydrogen-bond acceptors (Lipinski definition) is 14.